The molecule has 0 bridgehead atoms. The molecule has 1 aromatic rings. The van der Waals surface area contributed by atoms with Crippen molar-refractivity contribution < 1.29 is 24.2 Å². The number of urea groups is 1. The molecule has 1 fully saturated rings. The lowest BCUT2D eigenvalue weighted by Gasteiger charge is -2.25. The van der Waals surface area contributed by atoms with Gasteiger partial charge in [0.05, 0.1) is 17.2 Å². The van der Waals surface area contributed by atoms with Gasteiger partial charge >= 0.3 is 12.0 Å². The molecule has 1 atom stereocenters. The first-order valence-corrected chi connectivity index (χ1v) is 7.56. The Kier molecular flexibility index (Phi) is 5.30. The zero-order valence-electron chi connectivity index (χ0n) is 13.3. The average Bonchev–Trinajstić information content (AvgIpc) is 2.94. The normalized spacial score (nSPS) is 16.5. The van der Waals surface area contributed by atoms with Gasteiger partial charge in [-0.05, 0) is 25.1 Å². The van der Waals surface area contributed by atoms with E-state index in [1.54, 1.807) is 6.07 Å². The molecule has 1 unspecified atom stereocenters. The molecule has 0 aromatic heterocycles. The van der Waals surface area contributed by atoms with Gasteiger partial charge in [0.1, 0.15) is 0 Å². The number of ether oxygens (including phenoxy) is 1. The highest BCUT2D eigenvalue weighted by Gasteiger charge is 2.36. The van der Waals surface area contributed by atoms with Crippen LogP contribution in [0.1, 0.15) is 17.3 Å². The smallest absolute Gasteiger partial charge is 0.331 e. The summed E-state index contributed by atoms with van der Waals surface area (Å²) in [5.74, 6) is -1.90. The van der Waals surface area contributed by atoms with Gasteiger partial charge in [-0.3, -0.25) is 9.69 Å². The number of carboxylic acids is 1. The molecule has 3 amide bonds. The number of carboxylic acid groups (broad SMARTS) is 1. The summed E-state index contributed by atoms with van der Waals surface area (Å²) in [6.07, 6.45) is 0. The van der Waals surface area contributed by atoms with Crippen LogP contribution in [0.3, 0.4) is 0 Å². The largest absolute Gasteiger partial charge is 0.479 e. The van der Waals surface area contributed by atoms with Gasteiger partial charge in [0.2, 0.25) is 0 Å². The molecule has 1 heterocycles. The topological polar surface area (TPSA) is 108 Å². The van der Waals surface area contributed by atoms with Gasteiger partial charge in [-0.2, -0.15) is 0 Å². The molecular formula is C15H18ClN3O5. The summed E-state index contributed by atoms with van der Waals surface area (Å²) in [6, 6.07) is 4.30. The van der Waals surface area contributed by atoms with Gasteiger partial charge in [0, 0.05) is 25.9 Å². The van der Waals surface area contributed by atoms with E-state index < -0.39 is 17.4 Å². The minimum absolute atomic E-state index is 0.0810. The molecule has 0 saturated carbocycles. The zero-order valence-corrected chi connectivity index (χ0v) is 14.0. The fraction of sp³-hybridized carbons (Fsp3) is 0.400. The van der Waals surface area contributed by atoms with E-state index in [1.807, 2.05) is 0 Å². The van der Waals surface area contributed by atoms with Crippen molar-refractivity contribution in [1.29, 1.82) is 0 Å². The number of nitrogens with one attached hydrogen (secondary N) is 2. The number of hydrogen-bond donors (Lipinski definition) is 3. The molecule has 0 aliphatic carbocycles. The summed E-state index contributed by atoms with van der Waals surface area (Å²) in [5, 5.41) is 14.5. The third-order valence-corrected chi connectivity index (χ3v) is 3.99. The molecule has 3 N–H and O–H groups in total. The Balaban J connectivity index is 2.28. The Labute approximate surface area is 143 Å². The van der Waals surface area contributed by atoms with Crippen molar-refractivity contribution in [2.24, 2.45) is 0 Å². The van der Waals surface area contributed by atoms with Crippen molar-refractivity contribution in [1.82, 2.24) is 10.6 Å². The summed E-state index contributed by atoms with van der Waals surface area (Å²) < 4.78 is 4.86. The second kappa shape index (κ2) is 7.06. The number of hydrogen-bond acceptors (Lipinski definition) is 4. The van der Waals surface area contributed by atoms with Crippen molar-refractivity contribution >= 4 is 35.2 Å². The number of carbonyl (C=O) groups excluding carboxylic acids is 2. The number of methoxy groups -OCH3 is 1. The fourth-order valence-corrected chi connectivity index (χ4v) is 2.53. The maximum atomic E-state index is 12.5. The fourth-order valence-electron chi connectivity index (χ4n) is 2.33. The molecule has 1 aliphatic heterocycles. The molecule has 1 aromatic carbocycles. The zero-order chi connectivity index (χ0) is 17.9. The maximum absolute atomic E-state index is 12.5. The van der Waals surface area contributed by atoms with E-state index in [0.717, 1.165) is 0 Å². The molecule has 0 spiro atoms. The standard InChI is InChI=1S/C15H18ClN3O5/c1-15(8-24-2,13(21)22)18-12(20)10-7-9(3-4-11(10)16)19-6-5-17-14(19)23/h3-4,7H,5-6,8H2,1-2H3,(H,17,23)(H,18,20)(H,21,22). The van der Waals surface area contributed by atoms with Crippen molar-refractivity contribution in [2.45, 2.75) is 12.5 Å². The monoisotopic (exact) mass is 355 g/mol. The SMILES string of the molecule is COCC(C)(NC(=O)c1cc(N2CCNC2=O)ccc1Cl)C(=O)O. The van der Waals surface area contributed by atoms with Crippen LogP contribution in [0.15, 0.2) is 18.2 Å². The number of halogens is 1. The van der Waals surface area contributed by atoms with Crippen LogP contribution in [-0.2, 0) is 9.53 Å². The number of rotatable bonds is 6. The Hall–Kier alpha value is -2.32. The lowest BCUT2D eigenvalue weighted by atomic mass is 10.0. The lowest BCUT2D eigenvalue weighted by molar-refractivity contribution is -0.145. The van der Waals surface area contributed by atoms with Crippen LogP contribution in [-0.4, -0.2) is 55.4 Å². The van der Waals surface area contributed by atoms with Crippen molar-refractivity contribution in [3.05, 3.63) is 28.8 Å². The molecule has 130 valence electrons. The first kappa shape index (κ1) is 18.0. The van der Waals surface area contributed by atoms with E-state index in [0.29, 0.717) is 18.8 Å². The first-order valence-electron chi connectivity index (χ1n) is 7.18. The molecule has 1 saturated heterocycles. The summed E-state index contributed by atoms with van der Waals surface area (Å²) in [4.78, 5) is 37.1. The Morgan fingerprint density at radius 3 is 2.75 bits per heavy atom. The quantitative estimate of drug-likeness (QED) is 0.708. The average molecular weight is 356 g/mol. The minimum atomic E-state index is -1.60. The van der Waals surface area contributed by atoms with Crippen LogP contribution < -0.4 is 15.5 Å². The highest BCUT2D eigenvalue weighted by Crippen LogP contribution is 2.25. The van der Waals surface area contributed by atoms with Gasteiger partial charge in [-0.25, -0.2) is 9.59 Å². The van der Waals surface area contributed by atoms with Crippen LogP contribution in [0.4, 0.5) is 10.5 Å². The predicted octanol–water partition coefficient (Wildman–Crippen LogP) is 1.09. The number of anilines is 1. The van der Waals surface area contributed by atoms with Crippen LogP contribution in [0, 0.1) is 0 Å². The van der Waals surface area contributed by atoms with Crippen LogP contribution in [0.25, 0.3) is 0 Å². The van der Waals surface area contributed by atoms with Gasteiger partial charge in [-0.1, -0.05) is 11.6 Å². The third kappa shape index (κ3) is 3.60. The van der Waals surface area contributed by atoms with Crippen LogP contribution in [0.2, 0.25) is 5.02 Å². The third-order valence-electron chi connectivity index (χ3n) is 3.66. The van der Waals surface area contributed by atoms with E-state index in [4.69, 9.17) is 16.3 Å². The molecule has 9 heteroatoms. The Bertz CT molecular complexity index is 681. The first-order chi connectivity index (χ1) is 11.3. The number of benzene rings is 1. The summed E-state index contributed by atoms with van der Waals surface area (Å²) in [7, 11) is 1.34. The van der Waals surface area contributed by atoms with Gasteiger partial charge in [0.15, 0.2) is 5.54 Å². The molecule has 2 rings (SSSR count). The van der Waals surface area contributed by atoms with Gasteiger partial charge in [0.25, 0.3) is 5.91 Å². The Morgan fingerprint density at radius 2 is 2.21 bits per heavy atom. The highest BCUT2D eigenvalue weighted by molar-refractivity contribution is 6.34. The summed E-state index contributed by atoms with van der Waals surface area (Å²) in [6.45, 7) is 2.11. The Morgan fingerprint density at radius 1 is 1.50 bits per heavy atom. The van der Waals surface area contributed by atoms with Crippen molar-refractivity contribution in [3.8, 4) is 0 Å². The number of nitrogens with zero attached hydrogens (tertiary/aromatic N) is 1. The molecular weight excluding hydrogens is 338 g/mol. The second-order valence-corrected chi connectivity index (χ2v) is 5.98. The van der Waals surface area contributed by atoms with E-state index in [1.165, 1.54) is 31.1 Å². The van der Waals surface area contributed by atoms with E-state index in [9.17, 15) is 19.5 Å². The predicted molar refractivity (Wildman–Crippen MR) is 87.6 cm³/mol. The van der Waals surface area contributed by atoms with E-state index in [-0.39, 0.29) is 23.2 Å². The van der Waals surface area contributed by atoms with E-state index >= 15 is 0 Å². The second-order valence-electron chi connectivity index (χ2n) is 5.57. The molecule has 24 heavy (non-hydrogen) atoms. The molecule has 0 radical (unpaired) electrons. The molecule has 1 aliphatic rings. The van der Waals surface area contributed by atoms with Crippen LogP contribution in [0.5, 0.6) is 0 Å². The van der Waals surface area contributed by atoms with Crippen molar-refractivity contribution in [3.63, 3.8) is 0 Å². The van der Waals surface area contributed by atoms with Crippen LogP contribution >= 0.6 is 11.6 Å². The number of carbonyl (C=O) groups is 3. The van der Waals surface area contributed by atoms with E-state index in [2.05, 4.69) is 10.6 Å². The summed E-state index contributed by atoms with van der Waals surface area (Å²) >= 11 is 6.06. The maximum Gasteiger partial charge on any atom is 0.331 e. The lowest BCUT2D eigenvalue weighted by Crippen LogP contribution is -2.55. The van der Waals surface area contributed by atoms with Gasteiger partial charge < -0.3 is 20.5 Å². The van der Waals surface area contributed by atoms with Gasteiger partial charge in [-0.15, -0.1) is 0 Å². The van der Waals surface area contributed by atoms with Crippen molar-refractivity contribution in [2.75, 3.05) is 31.7 Å². The number of amides is 3. The minimum Gasteiger partial charge on any atom is -0.479 e. The highest BCUT2D eigenvalue weighted by atomic mass is 35.5. The molecule has 8 nitrogen and oxygen atoms in total. The summed E-state index contributed by atoms with van der Waals surface area (Å²) in [5.41, 5.74) is -1.02. The number of aliphatic carboxylic acids is 1.